The molecular weight excluding hydrogens is 452 g/mol. The van der Waals surface area contributed by atoms with E-state index in [9.17, 15) is 4.79 Å². The Morgan fingerprint density at radius 1 is 1.10 bits per heavy atom. The minimum absolute atomic E-state index is 0.137. The minimum atomic E-state index is -0.164. The van der Waals surface area contributed by atoms with Crippen molar-refractivity contribution in [3.8, 4) is 17.0 Å². The van der Waals surface area contributed by atoms with E-state index in [0.29, 0.717) is 17.2 Å². The highest BCUT2D eigenvalue weighted by atomic mass is 79.9. The SMILES string of the molecule is O=c1cc(COc2ncnc3scc(-c4ccccc4)c23)nc2ccc(Br)cn12. The molecule has 0 radical (unpaired) electrons. The second-order valence-electron chi connectivity index (χ2n) is 6.32. The van der Waals surface area contributed by atoms with E-state index >= 15 is 0 Å². The van der Waals surface area contributed by atoms with Crippen LogP contribution in [0.5, 0.6) is 5.88 Å². The van der Waals surface area contributed by atoms with Crippen LogP contribution in [0.2, 0.25) is 0 Å². The molecule has 29 heavy (non-hydrogen) atoms. The van der Waals surface area contributed by atoms with Gasteiger partial charge in [-0.05, 0) is 33.6 Å². The summed E-state index contributed by atoms with van der Waals surface area (Å²) < 4.78 is 8.29. The molecule has 1 aromatic carbocycles. The number of nitrogens with zero attached hydrogens (tertiary/aromatic N) is 4. The molecule has 0 bridgehead atoms. The summed E-state index contributed by atoms with van der Waals surface area (Å²) in [5, 5.41) is 2.92. The largest absolute Gasteiger partial charge is 0.471 e. The number of rotatable bonds is 4. The van der Waals surface area contributed by atoms with E-state index in [-0.39, 0.29) is 12.2 Å². The molecule has 0 N–H and O–H groups in total. The van der Waals surface area contributed by atoms with Gasteiger partial charge < -0.3 is 4.74 Å². The van der Waals surface area contributed by atoms with Crippen LogP contribution in [0.15, 0.2) is 75.7 Å². The lowest BCUT2D eigenvalue weighted by atomic mass is 10.1. The Bertz CT molecular complexity index is 1400. The van der Waals surface area contributed by atoms with Crippen molar-refractivity contribution in [2.45, 2.75) is 6.61 Å². The van der Waals surface area contributed by atoms with Crippen molar-refractivity contribution >= 4 is 43.1 Å². The van der Waals surface area contributed by atoms with Crippen molar-refractivity contribution in [1.29, 1.82) is 0 Å². The van der Waals surface area contributed by atoms with Gasteiger partial charge in [-0.25, -0.2) is 15.0 Å². The van der Waals surface area contributed by atoms with Crippen molar-refractivity contribution in [1.82, 2.24) is 19.4 Å². The molecule has 0 fully saturated rings. The van der Waals surface area contributed by atoms with Crippen molar-refractivity contribution in [2.24, 2.45) is 0 Å². The lowest BCUT2D eigenvalue weighted by Gasteiger charge is -2.08. The fraction of sp³-hybridized carbons (Fsp3) is 0.0476. The van der Waals surface area contributed by atoms with E-state index < -0.39 is 0 Å². The van der Waals surface area contributed by atoms with E-state index in [0.717, 1.165) is 25.8 Å². The van der Waals surface area contributed by atoms with Crippen LogP contribution in [0.3, 0.4) is 0 Å². The topological polar surface area (TPSA) is 69.4 Å². The Balaban J connectivity index is 1.51. The number of pyridine rings is 1. The third-order valence-corrected chi connectivity index (χ3v) is 5.81. The summed E-state index contributed by atoms with van der Waals surface area (Å²) in [6, 6.07) is 15.2. The summed E-state index contributed by atoms with van der Waals surface area (Å²) in [4.78, 5) is 26.5. The highest BCUT2D eigenvalue weighted by Crippen LogP contribution is 2.37. The summed E-state index contributed by atoms with van der Waals surface area (Å²) >= 11 is 4.91. The Morgan fingerprint density at radius 3 is 2.83 bits per heavy atom. The molecule has 6 nitrogen and oxygen atoms in total. The smallest absolute Gasteiger partial charge is 0.258 e. The number of aromatic nitrogens is 4. The average molecular weight is 465 g/mol. The Labute approximate surface area is 177 Å². The summed E-state index contributed by atoms with van der Waals surface area (Å²) in [6.07, 6.45) is 3.18. The van der Waals surface area contributed by atoms with E-state index in [4.69, 9.17) is 4.74 Å². The summed E-state index contributed by atoms with van der Waals surface area (Å²) in [7, 11) is 0. The number of hydrogen-bond acceptors (Lipinski definition) is 6. The van der Waals surface area contributed by atoms with Gasteiger partial charge >= 0.3 is 0 Å². The second-order valence-corrected chi connectivity index (χ2v) is 8.10. The third kappa shape index (κ3) is 3.41. The fourth-order valence-electron chi connectivity index (χ4n) is 3.13. The van der Waals surface area contributed by atoms with Gasteiger partial charge in [-0.1, -0.05) is 30.3 Å². The first-order valence-electron chi connectivity index (χ1n) is 8.77. The van der Waals surface area contributed by atoms with E-state index in [1.165, 1.54) is 16.8 Å². The number of ether oxygens (including phenoxy) is 1. The van der Waals surface area contributed by atoms with Gasteiger partial charge in [0.25, 0.3) is 5.56 Å². The maximum atomic E-state index is 12.4. The lowest BCUT2D eigenvalue weighted by Crippen LogP contribution is -2.16. The number of fused-ring (bicyclic) bond motifs is 2. The zero-order chi connectivity index (χ0) is 19.8. The molecule has 5 rings (SSSR count). The maximum absolute atomic E-state index is 12.4. The van der Waals surface area contributed by atoms with Crippen LogP contribution in [-0.2, 0) is 6.61 Å². The summed E-state index contributed by atoms with van der Waals surface area (Å²) in [5.74, 6) is 0.480. The molecule has 0 spiro atoms. The molecule has 0 unspecified atom stereocenters. The van der Waals surface area contributed by atoms with Gasteiger partial charge in [0, 0.05) is 27.7 Å². The molecule has 0 saturated heterocycles. The van der Waals surface area contributed by atoms with Crippen LogP contribution >= 0.6 is 27.3 Å². The van der Waals surface area contributed by atoms with E-state index in [1.807, 2.05) is 36.4 Å². The zero-order valence-electron chi connectivity index (χ0n) is 14.9. The van der Waals surface area contributed by atoms with Gasteiger partial charge in [0.15, 0.2) is 0 Å². The molecule has 0 amide bonds. The number of thiophene rings is 1. The van der Waals surface area contributed by atoms with Crippen LogP contribution in [0.25, 0.3) is 27.0 Å². The average Bonchev–Trinajstić information content (AvgIpc) is 3.18. The molecule has 4 aromatic heterocycles. The number of hydrogen-bond donors (Lipinski definition) is 0. The van der Waals surface area contributed by atoms with Crippen molar-refractivity contribution in [3.05, 3.63) is 87.0 Å². The standard InChI is InChI=1S/C21H13BrN4O2S/c22-14-6-7-17-25-15(8-18(27)26(17)9-14)10-28-20-19-16(13-4-2-1-3-5-13)11-29-21(19)24-12-23-20/h1-9,11-12H,10H2. The summed E-state index contributed by atoms with van der Waals surface area (Å²) in [5.41, 5.74) is 3.04. The predicted octanol–water partition coefficient (Wildman–Crippen LogP) is 4.71. The molecule has 4 heterocycles. The van der Waals surface area contributed by atoms with E-state index in [1.54, 1.807) is 23.6 Å². The second kappa shape index (κ2) is 7.38. The normalized spacial score (nSPS) is 11.2. The minimum Gasteiger partial charge on any atom is -0.471 e. The van der Waals surface area contributed by atoms with Gasteiger partial charge in [-0.3, -0.25) is 9.20 Å². The van der Waals surface area contributed by atoms with Crippen LogP contribution in [0, 0.1) is 0 Å². The molecule has 0 aliphatic rings. The third-order valence-electron chi connectivity index (χ3n) is 4.45. The number of benzene rings is 1. The monoisotopic (exact) mass is 464 g/mol. The molecule has 142 valence electrons. The fourth-order valence-corrected chi connectivity index (χ4v) is 4.37. The molecule has 0 aliphatic carbocycles. The van der Waals surface area contributed by atoms with Gasteiger partial charge in [0.05, 0.1) is 11.1 Å². The van der Waals surface area contributed by atoms with Crippen molar-refractivity contribution in [3.63, 3.8) is 0 Å². The predicted molar refractivity (Wildman–Crippen MR) is 116 cm³/mol. The van der Waals surface area contributed by atoms with Crippen LogP contribution in [0.4, 0.5) is 0 Å². The maximum Gasteiger partial charge on any atom is 0.258 e. The molecule has 0 atom stereocenters. The Kier molecular flexibility index (Phi) is 4.57. The van der Waals surface area contributed by atoms with E-state index in [2.05, 4.69) is 36.3 Å². The molecule has 8 heteroatoms. The molecule has 5 aromatic rings. The quantitative estimate of drug-likeness (QED) is 0.385. The van der Waals surface area contributed by atoms with Crippen molar-refractivity contribution < 1.29 is 4.74 Å². The molecule has 0 saturated carbocycles. The van der Waals surface area contributed by atoms with Crippen LogP contribution < -0.4 is 10.3 Å². The van der Waals surface area contributed by atoms with Crippen molar-refractivity contribution in [2.75, 3.05) is 0 Å². The first-order valence-corrected chi connectivity index (χ1v) is 10.4. The van der Waals surface area contributed by atoms with Gasteiger partial charge in [0.2, 0.25) is 5.88 Å². The zero-order valence-corrected chi connectivity index (χ0v) is 17.4. The Hall–Kier alpha value is -3.10. The van der Waals surface area contributed by atoms with Gasteiger partial charge in [-0.2, -0.15) is 0 Å². The lowest BCUT2D eigenvalue weighted by molar-refractivity contribution is 0.293. The van der Waals surface area contributed by atoms with Gasteiger partial charge in [-0.15, -0.1) is 11.3 Å². The Morgan fingerprint density at radius 2 is 1.97 bits per heavy atom. The highest BCUT2D eigenvalue weighted by molar-refractivity contribution is 9.10. The first kappa shape index (κ1) is 18.0. The van der Waals surface area contributed by atoms with Crippen LogP contribution in [0.1, 0.15) is 5.69 Å². The molecular formula is C21H13BrN4O2S. The highest BCUT2D eigenvalue weighted by Gasteiger charge is 2.14. The van der Waals surface area contributed by atoms with Gasteiger partial charge in [0.1, 0.15) is 23.4 Å². The molecule has 0 aliphatic heterocycles. The first-order chi connectivity index (χ1) is 14.2. The summed E-state index contributed by atoms with van der Waals surface area (Å²) in [6.45, 7) is 0.137. The van der Waals surface area contributed by atoms with Crippen LogP contribution in [-0.4, -0.2) is 19.4 Å². The number of halogens is 1.